The zero-order valence-electron chi connectivity index (χ0n) is 15.7. The van der Waals surface area contributed by atoms with Gasteiger partial charge in [-0.15, -0.1) is 0 Å². The van der Waals surface area contributed by atoms with Crippen molar-refractivity contribution in [2.24, 2.45) is 0 Å². The fraction of sp³-hybridized carbons (Fsp3) is 1.00. The second-order valence-corrected chi connectivity index (χ2v) is 9.11. The van der Waals surface area contributed by atoms with E-state index in [0.29, 0.717) is 12.8 Å². The van der Waals surface area contributed by atoms with Crippen LogP contribution in [-0.2, 0) is 18.8 Å². The quantitative estimate of drug-likeness (QED) is 0.526. The van der Waals surface area contributed by atoms with Crippen LogP contribution in [0.25, 0.3) is 0 Å². The minimum atomic E-state index is -3.85. The molecule has 140 valence electrons. The summed E-state index contributed by atoms with van der Waals surface area (Å²) in [4.78, 5) is 0. The molecule has 0 aromatic heterocycles. The molecule has 0 aliphatic heterocycles. The molecular weight excluding hydrogens is 316 g/mol. The molecular formula is C16H36N2O4S. The van der Waals surface area contributed by atoms with Gasteiger partial charge in [-0.3, -0.25) is 0 Å². The Morgan fingerprint density at radius 2 is 1.04 bits per heavy atom. The summed E-state index contributed by atoms with van der Waals surface area (Å²) in [6.07, 6.45) is 3.10. The predicted molar refractivity (Wildman–Crippen MR) is 94.8 cm³/mol. The van der Waals surface area contributed by atoms with E-state index in [4.69, 9.17) is 8.37 Å². The van der Waals surface area contributed by atoms with Crippen LogP contribution in [0.3, 0.4) is 0 Å². The Kier molecular flexibility index (Phi) is 10.5. The summed E-state index contributed by atoms with van der Waals surface area (Å²) in [6, 6.07) is 0. The molecule has 0 heterocycles. The molecule has 7 heteroatoms. The van der Waals surface area contributed by atoms with Crippen molar-refractivity contribution in [3.8, 4) is 0 Å². The summed E-state index contributed by atoms with van der Waals surface area (Å²) in [5.41, 5.74) is 0.162. The van der Waals surface area contributed by atoms with Gasteiger partial charge in [0.05, 0.1) is 13.2 Å². The predicted octanol–water partition coefficient (Wildman–Crippen LogP) is 2.60. The van der Waals surface area contributed by atoms with Crippen LogP contribution in [-0.4, -0.2) is 45.8 Å². The Morgan fingerprint density at radius 1 is 0.696 bits per heavy atom. The van der Waals surface area contributed by atoms with Crippen molar-refractivity contribution in [2.75, 3.05) is 26.3 Å². The molecule has 0 aliphatic carbocycles. The fourth-order valence-electron chi connectivity index (χ4n) is 1.74. The average Bonchev–Trinajstić information content (AvgIpc) is 2.35. The first-order valence-corrected chi connectivity index (χ1v) is 9.78. The monoisotopic (exact) mass is 352 g/mol. The third-order valence-corrected chi connectivity index (χ3v) is 3.82. The molecule has 0 unspecified atom stereocenters. The van der Waals surface area contributed by atoms with Crippen LogP contribution < -0.4 is 10.6 Å². The minimum absolute atomic E-state index is 0.0812. The topological polar surface area (TPSA) is 76.7 Å². The van der Waals surface area contributed by atoms with E-state index in [1.165, 1.54) is 0 Å². The highest BCUT2D eigenvalue weighted by molar-refractivity contribution is 7.81. The van der Waals surface area contributed by atoms with Crippen LogP contribution in [0.4, 0.5) is 0 Å². The minimum Gasteiger partial charge on any atom is -0.312 e. The van der Waals surface area contributed by atoms with Crippen LogP contribution in [0.5, 0.6) is 0 Å². The number of nitrogens with one attached hydrogen (secondary N) is 2. The SMILES string of the molecule is CC(C)(C)NCCCCOS(=O)(=O)OCCCCNC(C)(C)C. The van der Waals surface area contributed by atoms with Gasteiger partial charge in [-0.25, -0.2) is 8.37 Å². The van der Waals surface area contributed by atoms with Gasteiger partial charge in [0.25, 0.3) is 0 Å². The van der Waals surface area contributed by atoms with Crippen molar-refractivity contribution in [1.29, 1.82) is 0 Å². The molecule has 23 heavy (non-hydrogen) atoms. The maximum Gasteiger partial charge on any atom is 0.399 e. The van der Waals surface area contributed by atoms with Crippen molar-refractivity contribution in [3.63, 3.8) is 0 Å². The number of rotatable bonds is 12. The smallest absolute Gasteiger partial charge is 0.312 e. The third kappa shape index (κ3) is 18.0. The number of hydrogen-bond donors (Lipinski definition) is 2. The van der Waals surface area contributed by atoms with Gasteiger partial charge < -0.3 is 10.6 Å². The van der Waals surface area contributed by atoms with Crippen molar-refractivity contribution in [2.45, 2.75) is 78.3 Å². The van der Waals surface area contributed by atoms with E-state index in [2.05, 4.69) is 52.2 Å². The highest BCUT2D eigenvalue weighted by atomic mass is 32.3. The molecule has 0 aromatic rings. The molecule has 0 fully saturated rings. The first kappa shape index (κ1) is 22.8. The van der Waals surface area contributed by atoms with Gasteiger partial charge in [-0.2, -0.15) is 8.42 Å². The van der Waals surface area contributed by atoms with Crippen LogP contribution in [0.2, 0.25) is 0 Å². The van der Waals surface area contributed by atoms with Crippen LogP contribution in [0.15, 0.2) is 0 Å². The Bertz CT molecular complexity index is 365. The molecule has 0 radical (unpaired) electrons. The van der Waals surface area contributed by atoms with Gasteiger partial charge in [0.2, 0.25) is 0 Å². The molecule has 0 atom stereocenters. The van der Waals surface area contributed by atoms with Crippen molar-refractivity contribution in [1.82, 2.24) is 10.6 Å². The molecule has 0 spiro atoms. The Balaban J connectivity index is 3.59. The van der Waals surface area contributed by atoms with Crippen LogP contribution >= 0.6 is 0 Å². The molecule has 0 aromatic carbocycles. The van der Waals surface area contributed by atoms with Gasteiger partial charge in [-0.1, -0.05) is 0 Å². The van der Waals surface area contributed by atoms with Crippen molar-refractivity contribution < 1.29 is 16.8 Å². The standard InChI is InChI=1S/C16H36N2O4S/c1-15(2,3)17-11-7-9-13-21-23(19,20)22-14-10-8-12-18-16(4,5)6/h17-18H,7-14H2,1-6H3. The molecule has 0 amide bonds. The van der Waals surface area contributed by atoms with Gasteiger partial charge in [-0.05, 0) is 80.3 Å². The molecule has 0 saturated carbocycles. The summed E-state index contributed by atoms with van der Waals surface area (Å²) in [5, 5.41) is 6.68. The lowest BCUT2D eigenvalue weighted by Gasteiger charge is -2.20. The summed E-state index contributed by atoms with van der Waals surface area (Å²) >= 11 is 0. The third-order valence-electron chi connectivity index (χ3n) is 2.91. The second kappa shape index (κ2) is 10.6. The summed E-state index contributed by atoms with van der Waals surface area (Å²) in [5.74, 6) is 0. The largest absolute Gasteiger partial charge is 0.399 e. The van der Waals surface area contributed by atoms with Crippen LogP contribution in [0.1, 0.15) is 67.2 Å². The Hall–Kier alpha value is -0.210. The lowest BCUT2D eigenvalue weighted by molar-refractivity contribution is 0.207. The maximum absolute atomic E-state index is 11.5. The van der Waals surface area contributed by atoms with E-state index in [1.54, 1.807) is 0 Å². The Labute approximate surface area is 143 Å². The first-order valence-electron chi connectivity index (χ1n) is 8.45. The van der Waals surface area contributed by atoms with Gasteiger partial charge in [0.1, 0.15) is 0 Å². The van der Waals surface area contributed by atoms with E-state index >= 15 is 0 Å². The molecule has 0 rings (SSSR count). The van der Waals surface area contributed by atoms with E-state index in [9.17, 15) is 8.42 Å². The van der Waals surface area contributed by atoms with Crippen molar-refractivity contribution >= 4 is 10.4 Å². The molecule has 0 aliphatic rings. The summed E-state index contributed by atoms with van der Waals surface area (Å²) in [7, 11) is -3.85. The van der Waals surface area contributed by atoms with Gasteiger partial charge >= 0.3 is 10.4 Å². The first-order chi connectivity index (χ1) is 10.4. The average molecular weight is 353 g/mol. The highest BCUT2D eigenvalue weighted by Gasteiger charge is 2.12. The number of hydrogen-bond acceptors (Lipinski definition) is 6. The second-order valence-electron chi connectivity index (χ2n) is 7.82. The summed E-state index contributed by atoms with van der Waals surface area (Å²) in [6.45, 7) is 14.6. The molecule has 6 nitrogen and oxygen atoms in total. The van der Waals surface area contributed by atoms with E-state index in [0.717, 1.165) is 25.9 Å². The zero-order valence-corrected chi connectivity index (χ0v) is 16.5. The lowest BCUT2D eigenvalue weighted by Crippen LogP contribution is -2.36. The lowest BCUT2D eigenvalue weighted by atomic mass is 10.1. The van der Waals surface area contributed by atoms with Gasteiger partial charge in [0.15, 0.2) is 0 Å². The normalized spacial score (nSPS) is 13.5. The van der Waals surface area contributed by atoms with Crippen molar-refractivity contribution in [3.05, 3.63) is 0 Å². The molecule has 0 bridgehead atoms. The van der Waals surface area contributed by atoms with Gasteiger partial charge in [0, 0.05) is 11.1 Å². The van der Waals surface area contributed by atoms with E-state index in [-0.39, 0.29) is 24.3 Å². The zero-order chi connectivity index (χ0) is 18.0. The molecule has 0 saturated heterocycles. The van der Waals surface area contributed by atoms with E-state index < -0.39 is 10.4 Å². The highest BCUT2D eigenvalue weighted by Crippen LogP contribution is 2.04. The Morgan fingerprint density at radius 3 is 1.35 bits per heavy atom. The van der Waals surface area contributed by atoms with E-state index in [1.807, 2.05) is 0 Å². The van der Waals surface area contributed by atoms with Crippen LogP contribution in [0, 0.1) is 0 Å². The molecule has 2 N–H and O–H groups in total. The fourth-order valence-corrected chi connectivity index (χ4v) is 2.45. The summed E-state index contributed by atoms with van der Waals surface area (Å²) < 4.78 is 32.7. The maximum atomic E-state index is 11.5. The number of unbranched alkanes of at least 4 members (excludes halogenated alkanes) is 2.